The van der Waals surface area contributed by atoms with Crippen molar-refractivity contribution < 1.29 is 9.53 Å². The standard InChI is InChI=1S/C9H16ClNO2/c1-2-13-7-8-4-3-5-11(8)9(12)6-10/h8H,2-7H2,1H3/t8-/m0/s1. The Hall–Kier alpha value is -0.280. The van der Waals surface area contributed by atoms with E-state index in [4.69, 9.17) is 16.3 Å². The van der Waals surface area contributed by atoms with Gasteiger partial charge in [-0.25, -0.2) is 0 Å². The highest BCUT2D eigenvalue weighted by Crippen LogP contribution is 2.17. The number of carbonyl (C=O) groups is 1. The van der Waals surface area contributed by atoms with Crippen molar-refractivity contribution in [1.29, 1.82) is 0 Å². The zero-order valence-corrected chi connectivity index (χ0v) is 8.72. The molecule has 1 rings (SSSR count). The fourth-order valence-corrected chi connectivity index (χ4v) is 1.82. The summed E-state index contributed by atoms with van der Waals surface area (Å²) in [6, 6.07) is 0.256. The molecule has 0 unspecified atom stereocenters. The van der Waals surface area contributed by atoms with Crippen molar-refractivity contribution in [3.8, 4) is 0 Å². The van der Waals surface area contributed by atoms with Gasteiger partial charge in [-0.3, -0.25) is 4.79 Å². The second kappa shape index (κ2) is 5.45. The van der Waals surface area contributed by atoms with Crippen LogP contribution in [0.5, 0.6) is 0 Å². The maximum atomic E-state index is 11.3. The summed E-state index contributed by atoms with van der Waals surface area (Å²) in [6.45, 7) is 4.16. The fourth-order valence-electron chi connectivity index (χ4n) is 1.67. The Morgan fingerprint density at radius 1 is 1.69 bits per heavy atom. The van der Waals surface area contributed by atoms with Gasteiger partial charge < -0.3 is 9.64 Å². The van der Waals surface area contributed by atoms with E-state index in [1.165, 1.54) is 0 Å². The Kier molecular flexibility index (Phi) is 4.53. The molecule has 1 saturated heterocycles. The van der Waals surface area contributed by atoms with Crippen LogP contribution in [-0.2, 0) is 9.53 Å². The van der Waals surface area contributed by atoms with E-state index < -0.39 is 0 Å². The Labute approximate surface area is 84.0 Å². The predicted octanol–water partition coefficient (Wildman–Crippen LogP) is 1.25. The molecule has 3 nitrogen and oxygen atoms in total. The lowest BCUT2D eigenvalue weighted by Crippen LogP contribution is -2.39. The van der Waals surface area contributed by atoms with Gasteiger partial charge in [-0.05, 0) is 19.8 Å². The largest absolute Gasteiger partial charge is 0.380 e. The summed E-state index contributed by atoms with van der Waals surface area (Å²) < 4.78 is 5.31. The molecular formula is C9H16ClNO2. The third kappa shape index (κ3) is 2.85. The number of hydrogen-bond acceptors (Lipinski definition) is 2. The molecule has 1 atom stereocenters. The maximum Gasteiger partial charge on any atom is 0.237 e. The minimum absolute atomic E-state index is 0.0314. The van der Waals surface area contributed by atoms with Gasteiger partial charge in [0, 0.05) is 13.2 Å². The first kappa shape index (κ1) is 10.8. The van der Waals surface area contributed by atoms with Crippen molar-refractivity contribution in [2.75, 3.05) is 25.6 Å². The number of alkyl halides is 1. The van der Waals surface area contributed by atoms with Gasteiger partial charge in [-0.2, -0.15) is 0 Å². The molecule has 0 radical (unpaired) electrons. The third-order valence-electron chi connectivity index (χ3n) is 2.33. The van der Waals surface area contributed by atoms with Crippen LogP contribution in [0.25, 0.3) is 0 Å². The summed E-state index contributed by atoms with van der Waals surface area (Å²) in [5.74, 6) is 0.117. The molecule has 0 aromatic carbocycles. The smallest absolute Gasteiger partial charge is 0.237 e. The van der Waals surface area contributed by atoms with E-state index >= 15 is 0 Å². The first-order chi connectivity index (χ1) is 6.29. The quantitative estimate of drug-likeness (QED) is 0.647. The zero-order valence-electron chi connectivity index (χ0n) is 7.96. The highest BCUT2D eigenvalue weighted by atomic mass is 35.5. The van der Waals surface area contributed by atoms with E-state index in [1.807, 2.05) is 11.8 Å². The molecule has 0 aromatic heterocycles. The van der Waals surface area contributed by atoms with E-state index in [-0.39, 0.29) is 17.8 Å². The van der Waals surface area contributed by atoms with Crippen molar-refractivity contribution in [1.82, 2.24) is 4.90 Å². The lowest BCUT2D eigenvalue weighted by atomic mass is 10.2. The second-order valence-corrected chi connectivity index (χ2v) is 3.44. The molecule has 0 saturated carbocycles. The number of nitrogens with zero attached hydrogens (tertiary/aromatic N) is 1. The molecule has 1 aliphatic rings. The molecule has 1 amide bonds. The summed E-state index contributed by atoms with van der Waals surface area (Å²) >= 11 is 5.50. The molecule has 0 spiro atoms. The molecule has 0 aromatic rings. The molecule has 1 fully saturated rings. The van der Waals surface area contributed by atoms with Crippen LogP contribution in [0.4, 0.5) is 0 Å². The Morgan fingerprint density at radius 3 is 3.08 bits per heavy atom. The lowest BCUT2D eigenvalue weighted by molar-refractivity contribution is -0.130. The first-order valence-corrected chi connectivity index (χ1v) is 5.26. The summed E-state index contributed by atoms with van der Waals surface area (Å²) in [6.07, 6.45) is 2.11. The van der Waals surface area contributed by atoms with Gasteiger partial charge >= 0.3 is 0 Å². The molecule has 0 bridgehead atoms. The summed E-state index contributed by atoms with van der Waals surface area (Å²) in [5, 5.41) is 0. The zero-order chi connectivity index (χ0) is 9.68. The van der Waals surface area contributed by atoms with Crippen molar-refractivity contribution in [3.63, 3.8) is 0 Å². The van der Waals surface area contributed by atoms with E-state index in [0.717, 1.165) is 19.4 Å². The summed E-state index contributed by atoms with van der Waals surface area (Å²) in [4.78, 5) is 13.2. The van der Waals surface area contributed by atoms with Crippen LogP contribution < -0.4 is 0 Å². The van der Waals surface area contributed by atoms with Gasteiger partial charge in [-0.1, -0.05) is 0 Å². The van der Waals surface area contributed by atoms with Crippen LogP contribution in [0.15, 0.2) is 0 Å². The van der Waals surface area contributed by atoms with Crippen molar-refractivity contribution in [2.45, 2.75) is 25.8 Å². The average Bonchev–Trinajstić information content (AvgIpc) is 2.61. The third-order valence-corrected chi connectivity index (χ3v) is 2.55. The normalized spacial score (nSPS) is 22.3. The van der Waals surface area contributed by atoms with Gasteiger partial charge in [-0.15, -0.1) is 11.6 Å². The predicted molar refractivity (Wildman–Crippen MR) is 51.9 cm³/mol. The molecule has 13 heavy (non-hydrogen) atoms. The van der Waals surface area contributed by atoms with Crippen LogP contribution in [-0.4, -0.2) is 42.5 Å². The van der Waals surface area contributed by atoms with Crippen molar-refractivity contribution >= 4 is 17.5 Å². The second-order valence-electron chi connectivity index (χ2n) is 3.18. The van der Waals surface area contributed by atoms with Gasteiger partial charge in [0.05, 0.1) is 12.6 Å². The van der Waals surface area contributed by atoms with Gasteiger partial charge in [0.25, 0.3) is 0 Å². The van der Waals surface area contributed by atoms with E-state index in [2.05, 4.69) is 0 Å². The van der Waals surface area contributed by atoms with Crippen LogP contribution >= 0.6 is 11.6 Å². The number of ether oxygens (including phenoxy) is 1. The van der Waals surface area contributed by atoms with Gasteiger partial charge in [0.2, 0.25) is 5.91 Å². The first-order valence-electron chi connectivity index (χ1n) is 4.72. The van der Waals surface area contributed by atoms with Crippen LogP contribution in [0.3, 0.4) is 0 Å². The molecule has 0 N–H and O–H groups in total. The summed E-state index contributed by atoms with van der Waals surface area (Å²) in [5.41, 5.74) is 0. The van der Waals surface area contributed by atoms with E-state index in [0.29, 0.717) is 13.2 Å². The minimum Gasteiger partial charge on any atom is -0.380 e. The van der Waals surface area contributed by atoms with E-state index in [9.17, 15) is 4.79 Å². The number of hydrogen-bond donors (Lipinski definition) is 0. The Bertz CT molecular complexity index is 175. The van der Waals surface area contributed by atoms with Crippen molar-refractivity contribution in [3.05, 3.63) is 0 Å². The molecule has 76 valence electrons. The number of carbonyl (C=O) groups excluding carboxylic acids is 1. The topological polar surface area (TPSA) is 29.5 Å². The van der Waals surface area contributed by atoms with Gasteiger partial charge in [0.1, 0.15) is 5.88 Å². The Balaban J connectivity index is 2.39. The van der Waals surface area contributed by atoms with Crippen LogP contribution in [0.1, 0.15) is 19.8 Å². The fraction of sp³-hybridized carbons (Fsp3) is 0.889. The SMILES string of the molecule is CCOC[C@@H]1CCCN1C(=O)CCl. The molecule has 1 heterocycles. The van der Waals surface area contributed by atoms with E-state index in [1.54, 1.807) is 0 Å². The monoisotopic (exact) mass is 205 g/mol. The van der Waals surface area contributed by atoms with Gasteiger partial charge in [0.15, 0.2) is 0 Å². The van der Waals surface area contributed by atoms with Crippen LogP contribution in [0.2, 0.25) is 0 Å². The molecule has 1 aliphatic heterocycles. The highest BCUT2D eigenvalue weighted by molar-refractivity contribution is 6.27. The highest BCUT2D eigenvalue weighted by Gasteiger charge is 2.27. The number of rotatable bonds is 4. The average molecular weight is 206 g/mol. The Morgan fingerprint density at radius 2 is 2.46 bits per heavy atom. The molecule has 0 aliphatic carbocycles. The molecular weight excluding hydrogens is 190 g/mol. The minimum atomic E-state index is 0.0314. The van der Waals surface area contributed by atoms with Crippen LogP contribution in [0, 0.1) is 0 Å². The number of halogens is 1. The maximum absolute atomic E-state index is 11.3. The number of amides is 1. The lowest BCUT2D eigenvalue weighted by Gasteiger charge is -2.23. The van der Waals surface area contributed by atoms with Crippen molar-refractivity contribution in [2.24, 2.45) is 0 Å². The summed E-state index contributed by atoms with van der Waals surface area (Å²) in [7, 11) is 0. The molecule has 4 heteroatoms. The number of likely N-dealkylation sites (tertiary alicyclic amines) is 1.